The number of carbonyl (C=O) groups excluding carboxylic acids is 1. The highest BCUT2D eigenvalue weighted by Crippen LogP contribution is 2.33. The molecule has 0 spiro atoms. The van der Waals surface area contributed by atoms with Gasteiger partial charge in [-0.3, -0.25) is 9.48 Å². The Hall–Kier alpha value is -2.56. The number of benzene rings is 1. The fourth-order valence-electron chi connectivity index (χ4n) is 3.57. The van der Waals surface area contributed by atoms with Crippen LogP contribution in [0.3, 0.4) is 0 Å². The first-order chi connectivity index (χ1) is 13.0. The van der Waals surface area contributed by atoms with Gasteiger partial charge >= 0.3 is 0 Å². The molecule has 1 aliphatic rings. The molecule has 5 nitrogen and oxygen atoms in total. The Bertz CT molecular complexity index is 845. The van der Waals surface area contributed by atoms with Gasteiger partial charge in [-0.15, -0.1) is 0 Å². The zero-order valence-corrected chi connectivity index (χ0v) is 16.6. The first kappa shape index (κ1) is 19.2. The van der Waals surface area contributed by atoms with Crippen molar-refractivity contribution in [3.05, 3.63) is 46.8 Å². The smallest absolute Gasteiger partial charge is 0.189 e. The van der Waals surface area contributed by atoms with Crippen LogP contribution in [0.2, 0.25) is 0 Å². The van der Waals surface area contributed by atoms with Gasteiger partial charge in [0.05, 0.1) is 24.0 Å². The van der Waals surface area contributed by atoms with Gasteiger partial charge in [0.2, 0.25) is 0 Å². The molecular weight excluding hydrogens is 340 g/mol. The Morgan fingerprint density at radius 1 is 1.26 bits per heavy atom. The van der Waals surface area contributed by atoms with Crippen molar-refractivity contribution in [3.63, 3.8) is 0 Å². The molecule has 0 saturated heterocycles. The number of aromatic nitrogens is 2. The lowest BCUT2D eigenvalue weighted by atomic mass is 10.1. The summed E-state index contributed by atoms with van der Waals surface area (Å²) >= 11 is 0. The van der Waals surface area contributed by atoms with E-state index < -0.39 is 0 Å². The number of aryl methyl sites for hydroxylation is 2. The quantitative estimate of drug-likeness (QED) is 0.527. The summed E-state index contributed by atoms with van der Waals surface area (Å²) in [6, 6.07) is 5.83. The molecule has 1 aromatic carbocycles. The van der Waals surface area contributed by atoms with Gasteiger partial charge < -0.3 is 9.47 Å². The van der Waals surface area contributed by atoms with Crippen molar-refractivity contribution in [1.29, 1.82) is 0 Å². The average molecular weight is 368 g/mol. The molecule has 3 rings (SSSR count). The summed E-state index contributed by atoms with van der Waals surface area (Å²) < 4.78 is 13.6. The van der Waals surface area contributed by atoms with E-state index in [1.807, 2.05) is 52.1 Å². The van der Waals surface area contributed by atoms with Gasteiger partial charge in [0, 0.05) is 12.7 Å². The van der Waals surface area contributed by atoms with Crippen LogP contribution < -0.4 is 9.47 Å². The fraction of sp³-hybridized carbons (Fsp3) is 0.455. The van der Waals surface area contributed by atoms with Crippen LogP contribution in [0.5, 0.6) is 11.5 Å². The molecular formula is C22H28N2O3. The highest BCUT2D eigenvalue weighted by molar-refractivity contribution is 6.08. The van der Waals surface area contributed by atoms with E-state index in [0.717, 1.165) is 41.3 Å². The number of rotatable bonds is 7. The number of ketones is 1. The SMILES string of the molecule is CCOc1cc(/C=C/C(=O)c2c(C)nn(C)c2C)ccc1OC1CCCC1. The largest absolute Gasteiger partial charge is 0.490 e. The summed E-state index contributed by atoms with van der Waals surface area (Å²) in [6.45, 7) is 6.29. The number of hydrogen-bond acceptors (Lipinski definition) is 4. The molecule has 0 amide bonds. The summed E-state index contributed by atoms with van der Waals surface area (Å²) in [5.74, 6) is 1.47. The topological polar surface area (TPSA) is 53.3 Å². The van der Waals surface area contributed by atoms with Crippen molar-refractivity contribution in [1.82, 2.24) is 9.78 Å². The van der Waals surface area contributed by atoms with Crippen molar-refractivity contribution in [2.75, 3.05) is 6.61 Å². The van der Waals surface area contributed by atoms with Crippen LogP contribution in [-0.2, 0) is 7.05 Å². The maximum absolute atomic E-state index is 12.6. The summed E-state index contributed by atoms with van der Waals surface area (Å²) in [5, 5.41) is 4.31. The normalized spacial score (nSPS) is 14.8. The van der Waals surface area contributed by atoms with Gasteiger partial charge in [0.15, 0.2) is 17.3 Å². The highest BCUT2D eigenvalue weighted by Gasteiger charge is 2.19. The predicted octanol–water partition coefficient (Wildman–Crippen LogP) is 4.65. The second-order valence-electron chi connectivity index (χ2n) is 7.03. The van der Waals surface area contributed by atoms with Crippen LogP contribution in [0, 0.1) is 13.8 Å². The lowest BCUT2D eigenvalue weighted by molar-refractivity contribution is 0.104. The number of carbonyl (C=O) groups is 1. The summed E-state index contributed by atoms with van der Waals surface area (Å²) in [6.07, 6.45) is 8.35. The van der Waals surface area contributed by atoms with Crippen LogP contribution in [0.4, 0.5) is 0 Å². The van der Waals surface area contributed by atoms with E-state index in [1.165, 1.54) is 12.8 Å². The second-order valence-corrected chi connectivity index (χ2v) is 7.03. The molecule has 0 atom stereocenters. The maximum Gasteiger partial charge on any atom is 0.189 e. The van der Waals surface area contributed by atoms with Crippen LogP contribution in [0.1, 0.15) is 59.9 Å². The summed E-state index contributed by atoms with van der Waals surface area (Å²) in [7, 11) is 1.85. The van der Waals surface area contributed by atoms with Gasteiger partial charge in [-0.05, 0) is 70.2 Å². The summed E-state index contributed by atoms with van der Waals surface area (Å²) in [4.78, 5) is 12.6. The molecule has 1 saturated carbocycles. The molecule has 0 unspecified atom stereocenters. The lowest BCUT2D eigenvalue weighted by Gasteiger charge is -2.17. The first-order valence-corrected chi connectivity index (χ1v) is 9.65. The molecule has 1 aromatic heterocycles. The Morgan fingerprint density at radius 3 is 2.63 bits per heavy atom. The zero-order chi connectivity index (χ0) is 19.4. The Balaban J connectivity index is 1.78. The first-order valence-electron chi connectivity index (χ1n) is 9.65. The van der Waals surface area contributed by atoms with E-state index in [4.69, 9.17) is 9.47 Å². The molecule has 27 heavy (non-hydrogen) atoms. The molecule has 144 valence electrons. The minimum atomic E-state index is -0.0395. The second kappa shape index (κ2) is 8.42. The van der Waals surface area contributed by atoms with Gasteiger partial charge in [-0.1, -0.05) is 12.1 Å². The van der Waals surface area contributed by atoms with Crippen molar-refractivity contribution in [2.24, 2.45) is 7.05 Å². The zero-order valence-electron chi connectivity index (χ0n) is 16.6. The third-order valence-corrected chi connectivity index (χ3v) is 5.05. The Morgan fingerprint density at radius 2 is 2.00 bits per heavy atom. The van der Waals surface area contributed by atoms with Gasteiger partial charge in [-0.2, -0.15) is 5.10 Å². The van der Waals surface area contributed by atoms with E-state index in [2.05, 4.69) is 5.10 Å². The van der Waals surface area contributed by atoms with Crippen molar-refractivity contribution < 1.29 is 14.3 Å². The minimum absolute atomic E-state index is 0.0395. The van der Waals surface area contributed by atoms with E-state index in [0.29, 0.717) is 12.2 Å². The Labute approximate surface area is 161 Å². The molecule has 2 aromatic rings. The van der Waals surface area contributed by atoms with E-state index in [-0.39, 0.29) is 11.9 Å². The summed E-state index contributed by atoms with van der Waals surface area (Å²) in [5.41, 5.74) is 3.20. The molecule has 0 N–H and O–H groups in total. The molecule has 0 aliphatic heterocycles. The molecule has 1 fully saturated rings. The van der Waals surface area contributed by atoms with Crippen LogP contribution in [0.25, 0.3) is 6.08 Å². The van der Waals surface area contributed by atoms with Crippen LogP contribution >= 0.6 is 0 Å². The minimum Gasteiger partial charge on any atom is -0.490 e. The van der Waals surface area contributed by atoms with Crippen molar-refractivity contribution in [2.45, 2.75) is 52.6 Å². The number of hydrogen-bond donors (Lipinski definition) is 0. The maximum atomic E-state index is 12.6. The van der Waals surface area contributed by atoms with E-state index >= 15 is 0 Å². The standard InChI is InChI=1S/C22H28N2O3/c1-5-26-21-14-17(11-13-20(21)27-18-8-6-7-9-18)10-12-19(25)22-15(2)23-24(4)16(22)3/h10-14,18H,5-9H2,1-4H3/b12-10+. The third-order valence-electron chi connectivity index (χ3n) is 5.05. The number of nitrogens with zero attached hydrogens (tertiary/aromatic N) is 2. The van der Waals surface area contributed by atoms with Crippen LogP contribution in [-0.4, -0.2) is 28.3 Å². The van der Waals surface area contributed by atoms with Crippen molar-refractivity contribution >= 4 is 11.9 Å². The Kier molecular flexibility index (Phi) is 5.99. The van der Waals surface area contributed by atoms with E-state index in [1.54, 1.807) is 10.8 Å². The monoisotopic (exact) mass is 368 g/mol. The molecule has 1 heterocycles. The van der Waals surface area contributed by atoms with Gasteiger partial charge in [-0.25, -0.2) is 0 Å². The molecule has 0 bridgehead atoms. The average Bonchev–Trinajstić information content (AvgIpc) is 3.23. The third kappa shape index (κ3) is 4.41. The molecule has 1 aliphatic carbocycles. The lowest BCUT2D eigenvalue weighted by Crippen LogP contribution is -2.11. The number of allylic oxidation sites excluding steroid dienone is 1. The molecule has 0 radical (unpaired) electrons. The predicted molar refractivity (Wildman–Crippen MR) is 107 cm³/mol. The van der Waals surface area contributed by atoms with E-state index in [9.17, 15) is 4.79 Å². The highest BCUT2D eigenvalue weighted by atomic mass is 16.5. The number of ether oxygens (including phenoxy) is 2. The molecule has 5 heteroatoms. The fourth-order valence-corrected chi connectivity index (χ4v) is 3.57. The van der Waals surface area contributed by atoms with Crippen LogP contribution in [0.15, 0.2) is 24.3 Å². The van der Waals surface area contributed by atoms with Gasteiger partial charge in [0.25, 0.3) is 0 Å². The van der Waals surface area contributed by atoms with Gasteiger partial charge in [0.1, 0.15) is 0 Å². The van der Waals surface area contributed by atoms with Crippen molar-refractivity contribution in [3.8, 4) is 11.5 Å².